The van der Waals surface area contributed by atoms with Crippen molar-refractivity contribution >= 4 is 0 Å². The van der Waals surface area contributed by atoms with Gasteiger partial charge < -0.3 is 10.3 Å². The second-order valence-electron chi connectivity index (χ2n) is 4.03. The maximum atomic E-state index is 6.03. The van der Waals surface area contributed by atoms with E-state index in [1.165, 1.54) is 0 Å². The minimum Gasteiger partial charge on any atom is -0.339 e. The predicted molar refractivity (Wildman–Crippen MR) is 56.5 cm³/mol. The van der Waals surface area contributed by atoms with Crippen LogP contribution in [0.25, 0.3) is 0 Å². The van der Waals surface area contributed by atoms with Gasteiger partial charge in [0.15, 0.2) is 5.82 Å². The topological polar surface area (TPSA) is 77.8 Å². The van der Waals surface area contributed by atoms with Gasteiger partial charge in [-0.25, -0.2) is 0 Å². The number of nitrogens with zero attached hydrogens (tertiary/aromatic N) is 3. The quantitative estimate of drug-likeness (QED) is 0.838. The van der Waals surface area contributed by atoms with Crippen LogP contribution < -0.4 is 5.73 Å². The molecule has 16 heavy (non-hydrogen) atoms. The molecule has 0 aromatic carbocycles. The van der Waals surface area contributed by atoms with Gasteiger partial charge in [-0.15, -0.1) is 0 Å². The van der Waals surface area contributed by atoms with E-state index in [-0.39, 0.29) is 6.04 Å². The first-order valence-corrected chi connectivity index (χ1v) is 5.33. The number of rotatable bonds is 3. The van der Waals surface area contributed by atoms with Gasteiger partial charge >= 0.3 is 0 Å². The smallest absolute Gasteiger partial charge is 0.229 e. The first-order chi connectivity index (χ1) is 7.84. The zero-order valence-corrected chi connectivity index (χ0v) is 8.71. The number of aromatic nitrogens is 3. The summed E-state index contributed by atoms with van der Waals surface area (Å²) >= 11 is 0. The van der Waals surface area contributed by atoms with E-state index >= 15 is 0 Å². The monoisotopic (exact) mass is 216 g/mol. The Morgan fingerprint density at radius 2 is 2.31 bits per heavy atom. The van der Waals surface area contributed by atoms with E-state index in [4.69, 9.17) is 10.3 Å². The SMILES string of the molecule is NC(c1cccnc1)c1noc(C2CC2)n1. The van der Waals surface area contributed by atoms with Gasteiger partial charge in [0.1, 0.15) is 0 Å². The van der Waals surface area contributed by atoms with Crippen molar-refractivity contribution in [2.45, 2.75) is 24.8 Å². The summed E-state index contributed by atoms with van der Waals surface area (Å²) in [6.45, 7) is 0. The normalized spacial score (nSPS) is 17.3. The lowest BCUT2D eigenvalue weighted by molar-refractivity contribution is 0.372. The lowest BCUT2D eigenvalue weighted by Crippen LogP contribution is -2.13. The number of pyridine rings is 1. The molecule has 2 aromatic heterocycles. The number of hydrogen-bond donors (Lipinski definition) is 1. The Hall–Kier alpha value is -1.75. The van der Waals surface area contributed by atoms with E-state index in [0.717, 1.165) is 18.4 Å². The van der Waals surface area contributed by atoms with E-state index in [1.807, 2.05) is 12.1 Å². The van der Waals surface area contributed by atoms with Crippen LogP contribution in [0.5, 0.6) is 0 Å². The highest BCUT2D eigenvalue weighted by molar-refractivity contribution is 5.20. The predicted octanol–water partition coefficient (Wildman–Crippen LogP) is 1.39. The van der Waals surface area contributed by atoms with Crippen LogP contribution in [-0.4, -0.2) is 15.1 Å². The van der Waals surface area contributed by atoms with Gasteiger partial charge in [0.05, 0.1) is 6.04 Å². The van der Waals surface area contributed by atoms with E-state index in [0.29, 0.717) is 17.6 Å². The molecule has 1 fully saturated rings. The fourth-order valence-electron chi connectivity index (χ4n) is 1.58. The van der Waals surface area contributed by atoms with Crippen LogP contribution in [0, 0.1) is 0 Å². The summed E-state index contributed by atoms with van der Waals surface area (Å²) in [6.07, 6.45) is 5.72. The van der Waals surface area contributed by atoms with Crippen molar-refractivity contribution in [3.05, 3.63) is 41.8 Å². The third-order valence-corrected chi connectivity index (χ3v) is 2.71. The molecule has 0 spiro atoms. The van der Waals surface area contributed by atoms with Gasteiger partial charge in [-0.1, -0.05) is 11.2 Å². The summed E-state index contributed by atoms with van der Waals surface area (Å²) in [5, 5.41) is 3.91. The Bertz CT molecular complexity index is 478. The zero-order chi connectivity index (χ0) is 11.0. The maximum Gasteiger partial charge on any atom is 0.229 e. The molecule has 5 nitrogen and oxygen atoms in total. The van der Waals surface area contributed by atoms with E-state index in [2.05, 4.69) is 15.1 Å². The molecule has 0 aliphatic heterocycles. The minimum atomic E-state index is -0.357. The van der Waals surface area contributed by atoms with Crippen molar-refractivity contribution in [3.63, 3.8) is 0 Å². The van der Waals surface area contributed by atoms with Crippen LogP contribution in [0.1, 0.15) is 42.1 Å². The Kier molecular flexibility index (Phi) is 2.18. The van der Waals surface area contributed by atoms with Crippen LogP contribution in [0.3, 0.4) is 0 Å². The lowest BCUT2D eigenvalue weighted by atomic mass is 10.1. The van der Waals surface area contributed by atoms with E-state index in [9.17, 15) is 0 Å². The highest BCUT2D eigenvalue weighted by Crippen LogP contribution is 2.39. The van der Waals surface area contributed by atoms with Gasteiger partial charge in [0.2, 0.25) is 5.89 Å². The molecule has 5 heteroatoms. The first kappa shape index (κ1) is 9.47. The van der Waals surface area contributed by atoms with Crippen molar-refractivity contribution in [3.8, 4) is 0 Å². The Morgan fingerprint density at radius 1 is 1.44 bits per heavy atom. The summed E-state index contributed by atoms with van der Waals surface area (Å²) in [4.78, 5) is 8.34. The second kappa shape index (κ2) is 3.68. The average Bonchev–Trinajstić information content (AvgIpc) is 3.08. The molecule has 0 bridgehead atoms. The number of hydrogen-bond acceptors (Lipinski definition) is 5. The molecule has 82 valence electrons. The molecule has 1 aliphatic carbocycles. The Labute approximate surface area is 92.7 Å². The molecule has 2 heterocycles. The molecule has 1 saturated carbocycles. The first-order valence-electron chi connectivity index (χ1n) is 5.33. The third-order valence-electron chi connectivity index (χ3n) is 2.71. The molecule has 2 N–H and O–H groups in total. The van der Waals surface area contributed by atoms with Crippen LogP contribution in [0.15, 0.2) is 29.0 Å². The summed E-state index contributed by atoms with van der Waals surface area (Å²) in [7, 11) is 0. The highest BCUT2D eigenvalue weighted by atomic mass is 16.5. The minimum absolute atomic E-state index is 0.357. The van der Waals surface area contributed by atoms with Crippen LogP contribution in [0.2, 0.25) is 0 Å². The summed E-state index contributed by atoms with van der Waals surface area (Å²) in [6, 6.07) is 3.40. The summed E-state index contributed by atoms with van der Waals surface area (Å²) < 4.78 is 5.17. The van der Waals surface area contributed by atoms with Crippen molar-refractivity contribution in [2.24, 2.45) is 5.73 Å². The van der Waals surface area contributed by atoms with Gasteiger partial charge in [-0.2, -0.15) is 4.98 Å². The molecule has 0 amide bonds. The third kappa shape index (κ3) is 1.69. The van der Waals surface area contributed by atoms with Crippen molar-refractivity contribution in [1.82, 2.24) is 15.1 Å². The zero-order valence-electron chi connectivity index (χ0n) is 8.71. The molecule has 1 aliphatic rings. The molecule has 2 aromatic rings. The van der Waals surface area contributed by atoms with Gasteiger partial charge in [-0.3, -0.25) is 4.98 Å². The molecule has 3 rings (SSSR count). The van der Waals surface area contributed by atoms with Crippen molar-refractivity contribution < 1.29 is 4.52 Å². The standard InChI is InChI=1S/C11H12N4O/c12-9(8-2-1-5-13-6-8)10-14-11(16-15-10)7-3-4-7/h1-2,5-7,9H,3-4,12H2. The van der Waals surface area contributed by atoms with Crippen molar-refractivity contribution in [1.29, 1.82) is 0 Å². The fourth-order valence-corrected chi connectivity index (χ4v) is 1.58. The van der Waals surface area contributed by atoms with Gasteiger partial charge in [-0.05, 0) is 24.5 Å². The average molecular weight is 216 g/mol. The molecule has 0 radical (unpaired) electrons. The van der Waals surface area contributed by atoms with Gasteiger partial charge in [0, 0.05) is 18.3 Å². The Balaban J connectivity index is 1.85. The second-order valence-corrected chi connectivity index (χ2v) is 4.03. The van der Waals surface area contributed by atoms with Crippen LogP contribution >= 0.6 is 0 Å². The Morgan fingerprint density at radius 3 is 3.00 bits per heavy atom. The van der Waals surface area contributed by atoms with Crippen LogP contribution in [-0.2, 0) is 0 Å². The van der Waals surface area contributed by atoms with Crippen LogP contribution in [0.4, 0.5) is 0 Å². The fraction of sp³-hybridized carbons (Fsp3) is 0.364. The van der Waals surface area contributed by atoms with E-state index in [1.54, 1.807) is 12.4 Å². The molecule has 1 atom stereocenters. The molecular formula is C11H12N4O. The van der Waals surface area contributed by atoms with E-state index < -0.39 is 0 Å². The highest BCUT2D eigenvalue weighted by Gasteiger charge is 2.30. The lowest BCUT2D eigenvalue weighted by Gasteiger charge is -2.05. The molecule has 1 unspecified atom stereocenters. The van der Waals surface area contributed by atoms with Gasteiger partial charge in [0.25, 0.3) is 0 Å². The van der Waals surface area contributed by atoms with Crippen molar-refractivity contribution in [2.75, 3.05) is 0 Å². The summed E-state index contributed by atoms with van der Waals surface area (Å²) in [5.41, 5.74) is 6.92. The molecule has 0 saturated heterocycles. The molecular weight excluding hydrogens is 204 g/mol. The maximum absolute atomic E-state index is 6.03. The summed E-state index contributed by atoms with van der Waals surface area (Å²) in [5.74, 6) is 1.71. The number of nitrogens with two attached hydrogens (primary N) is 1. The largest absolute Gasteiger partial charge is 0.339 e.